The molecule has 0 spiro atoms. The molecule has 9 heteroatoms. The summed E-state index contributed by atoms with van der Waals surface area (Å²) in [6.45, 7) is 13.3. The summed E-state index contributed by atoms with van der Waals surface area (Å²) in [7, 11) is 4.13. The van der Waals surface area contributed by atoms with Gasteiger partial charge in [0.1, 0.15) is 18.3 Å². The van der Waals surface area contributed by atoms with Crippen molar-refractivity contribution in [2.45, 2.75) is 329 Å². The van der Waals surface area contributed by atoms with E-state index in [1.54, 1.807) is 0 Å². The van der Waals surface area contributed by atoms with Crippen molar-refractivity contribution in [2.24, 2.45) is 0 Å². The van der Waals surface area contributed by atoms with E-state index in [2.05, 4.69) is 53.6 Å². The first-order valence-electron chi connectivity index (χ1n) is 29.8. The summed E-state index contributed by atoms with van der Waals surface area (Å²) in [4.78, 5) is 43.5. The summed E-state index contributed by atoms with van der Waals surface area (Å²) in [6.07, 6.45) is 43.6. The zero-order valence-electron chi connectivity index (χ0n) is 46.4. The minimum absolute atomic E-state index is 0.0148. The first-order chi connectivity index (χ1) is 33.1. The Hall–Kier alpha value is -1.87. The Morgan fingerprint density at radius 2 is 0.662 bits per heavy atom. The number of rotatable bonds is 52. The monoisotopic (exact) mass is 965 g/mol. The van der Waals surface area contributed by atoms with Gasteiger partial charge in [-0.3, -0.25) is 9.59 Å². The van der Waals surface area contributed by atoms with Crippen LogP contribution in [0.1, 0.15) is 304 Å². The van der Waals surface area contributed by atoms with Gasteiger partial charge in [0.25, 0.3) is 0 Å². The summed E-state index contributed by atoms with van der Waals surface area (Å²) in [5.41, 5.74) is 0. The number of aliphatic hydroxyl groups excluding tert-OH is 1. The Morgan fingerprint density at radius 3 is 1.03 bits per heavy atom. The maximum atomic E-state index is 13.8. The van der Waals surface area contributed by atoms with E-state index in [4.69, 9.17) is 14.2 Å². The number of amides is 1. The molecule has 0 rings (SSSR count). The summed E-state index contributed by atoms with van der Waals surface area (Å²) in [6, 6.07) is 0. The molecule has 1 amide bonds. The van der Waals surface area contributed by atoms with Crippen molar-refractivity contribution in [2.75, 3.05) is 33.7 Å². The van der Waals surface area contributed by atoms with Gasteiger partial charge in [0.15, 0.2) is 0 Å². The van der Waals surface area contributed by atoms with E-state index in [1.807, 2.05) is 4.90 Å². The molecule has 0 radical (unpaired) electrons. The van der Waals surface area contributed by atoms with Gasteiger partial charge in [-0.05, 0) is 136 Å². The Labute approximate surface area is 422 Å². The van der Waals surface area contributed by atoms with E-state index in [1.165, 1.54) is 77.0 Å². The lowest BCUT2D eigenvalue weighted by Crippen LogP contribution is -2.37. The number of carbonyl (C=O) groups excluding carboxylic acids is 3. The molecule has 0 aliphatic rings. The summed E-state index contributed by atoms with van der Waals surface area (Å²) < 4.78 is 18.4. The van der Waals surface area contributed by atoms with Crippen LogP contribution in [0.15, 0.2) is 0 Å². The summed E-state index contributed by atoms with van der Waals surface area (Å²) >= 11 is 0. The van der Waals surface area contributed by atoms with Crippen LogP contribution in [0, 0.1) is 0 Å². The molecule has 0 aliphatic carbocycles. The Bertz CT molecular complexity index is 1020. The zero-order chi connectivity index (χ0) is 50.1. The molecular formula is C59H116N2O7. The fourth-order valence-corrected chi connectivity index (χ4v) is 9.36. The van der Waals surface area contributed by atoms with E-state index in [0.717, 1.165) is 180 Å². The molecule has 9 nitrogen and oxygen atoms in total. The fraction of sp³-hybridized carbons (Fsp3) is 0.949. The number of esters is 2. The minimum atomic E-state index is -0.310. The van der Waals surface area contributed by atoms with Gasteiger partial charge in [0.2, 0.25) is 0 Å². The van der Waals surface area contributed by atoms with Crippen LogP contribution in [0.5, 0.6) is 0 Å². The van der Waals surface area contributed by atoms with Crippen molar-refractivity contribution in [3.8, 4) is 0 Å². The molecule has 0 heterocycles. The fourth-order valence-electron chi connectivity index (χ4n) is 9.36. The molecule has 0 fully saturated rings. The Morgan fingerprint density at radius 1 is 0.353 bits per heavy atom. The average molecular weight is 966 g/mol. The third-order valence-corrected chi connectivity index (χ3v) is 13.8. The molecule has 1 N–H and O–H groups in total. The highest BCUT2D eigenvalue weighted by molar-refractivity contribution is 5.70. The summed E-state index contributed by atoms with van der Waals surface area (Å²) in [5, 5.41) is 10.5. The molecule has 68 heavy (non-hydrogen) atoms. The quantitative estimate of drug-likeness (QED) is 0.0365. The van der Waals surface area contributed by atoms with Gasteiger partial charge in [-0.1, -0.05) is 176 Å². The van der Waals surface area contributed by atoms with Gasteiger partial charge >= 0.3 is 18.0 Å². The van der Waals surface area contributed by atoms with E-state index >= 15 is 0 Å². The van der Waals surface area contributed by atoms with Crippen LogP contribution in [0.4, 0.5) is 4.79 Å². The minimum Gasteiger partial charge on any atom is -0.462 e. The van der Waals surface area contributed by atoms with Gasteiger partial charge in [-0.25, -0.2) is 4.79 Å². The van der Waals surface area contributed by atoms with E-state index in [0.29, 0.717) is 32.4 Å². The zero-order valence-corrected chi connectivity index (χ0v) is 46.4. The molecule has 0 bridgehead atoms. The van der Waals surface area contributed by atoms with Crippen LogP contribution in [0.2, 0.25) is 0 Å². The van der Waals surface area contributed by atoms with Gasteiger partial charge in [0, 0.05) is 25.9 Å². The van der Waals surface area contributed by atoms with Crippen LogP contribution >= 0.6 is 0 Å². The van der Waals surface area contributed by atoms with Crippen LogP contribution in [0.3, 0.4) is 0 Å². The number of nitrogens with zero attached hydrogens (tertiary/aromatic N) is 2. The Kier molecular flexibility index (Phi) is 48.7. The van der Waals surface area contributed by atoms with Crippen molar-refractivity contribution in [3.63, 3.8) is 0 Å². The molecular weight excluding hydrogens is 849 g/mol. The Balaban J connectivity index is 5.09. The second kappa shape index (κ2) is 50.1. The van der Waals surface area contributed by atoms with Crippen LogP contribution in [0.25, 0.3) is 0 Å². The lowest BCUT2D eigenvalue weighted by molar-refractivity contribution is -0.151. The van der Waals surface area contributed by atoms with Crippen molar-refractivity contribution in [1.82, 2.24) is 9.80 Å². The molecule has 0 aliphatic heterocycles. The first-order valence-corrected chi connectivity index (χ1v) is 29.8. The molecule has 1 atom stereocenters. The van der Waals surface area contributed by atoms with Gasteiger partial charge in [-0.15, -0.1) is 0 Å². The SMILES string of the molecule is CCCCCCC(CCCCCC)OC(=O)CCCCCCCCC(CCCCCCCCC(=O)OC(CCCCCC)CCCCCC)OC(=O)N(CCCC(O)CCCC)CCCN(C)C. The predicted molar refractivity (Wildman–Crippen MR) is 288 cm³/mol. The highest BCUT2D eigenvalue weighted by atomic mass is 16.6. The molecule has 0 aromatic carbocycles. The highest BCUT2D eigenvalue weighted by Gasteiger charge is 2.21. The number of aliphatic hydroxyl groups is 1. The number of hydrogen-bond donors (Lipinski definition) is 1. The van der Waals surface area contributed by atoms with E-state index in [9.17, 15) is 19.5 Å². The second-order valence-corrected chi connectivity index (χ2v) is 21.0. The normalized spacial score (nSPS) is 12.2. The number of hydrogen-bond acceptors (Lipinski definition) is 8. The van der Waals surface area contributed by atoms with Crippen LogP contribution in [-0.4, -0.2) is 91.1 Å². The van der Waals surface area contributed by atoms with Gasteiger partial charge in [-0.2, -0.15) is 0 Å². The third kappa shape index (κ3) is 44.1. The third-order valence-electron chi connectivity index (χ3n) is 13.8. The molecule has 1 unspecified atom stereocenters. The van der Waals surface area contributed by atoms with Crippen LogP contribution in [-0.2, 0) is 23.8 Å². The summed E-state index contributed by atoms with van der Waals surface area (Å²) in [5.74, 6) is -0.0295. The maximum Gasteiger partial charge on any atom is 0.410 e. The molecule has 0 saturated heterocycles. The topological polar surface area (TPSA) is 106 Å². The molecule has 404 valence electrons. The predicted octanol–water partition coefficient (Wildman–Crippen LogP) is 17.0. The standard InChI is InChI=1S/C59H116N2O7/c1-8-13-18-30-42-54(43-31-19-14-9-2)66-57(63)48-36-28-24-22-26-34-46-56(68-59(65)61(52-39-50-60(6)7)51-38-41-53(62)40-17-12-5)47-35-27-23-25-29-37-49-58(64)67-55(44-32-20-15-10-3)45-33-21-16-11-4/h53-56,62H,8-52H2,1-7H3. The average Bonchev–Trinajstić information content (AvgIpc) is 3.31. The first kappa shape index (κ1) is 66.1. The number of ether oxygens (including phenoxy) is 3. The van der Waals surface area contributed by atoms with Crippen LogP contribution < -0.4 is 0 Å². The van der Waals surface area contributed by atoms with Crippen molar-refractivity contribution in [3.05, 3.63) is 0 Å². The smallest absolute Gasteiger partial charge is 0.410 e. The van der Waals surface area contributed by atoms with Gasteiger partial charge in [0.05, 0.1) is 6.10 Å². The molecule has 0 saturated carbocycles. The molecule has 0 aromatic rings. The highest BCUT2D eigenvalue weighted by Crippen LogP contribution is 2.22. The molecule has 0 aromatic heterocycles. The maximum absolute atomic E-state index is 13.8. The van der Waals surface area contributed by atoms with E-state index < -0.39 is 0 Å². The van der Waals surface area contributed by atoms with Gasteiger partial charge < -0.3 is 29.1 Å². The second-order valence-electron chi connectivity index (χ2n) is 21.0. The lowest BCUT2D eigenvalue weighted by atomic mass is 10.0. The van der Waals surface area contributed by atoms with Crippen molar-refractivity contribution in [1.29, 1.82) is 0 Å². The lowest BCUT2D eigenvalue weighted by Gasteiger charge is -2.27. The van der Waals surface area contributed by atoms with Crippen molar-refractivity contribution >= 4 is 18.0 Å². The van der Waals surface area contributed by atoms with E-state index in [-0.39, 0.29) is 42.4 Å². The largest absolute Gasteiger partial charge is 0.462 e. The number of carbonyl (C=O) groups is 3. The van der Waals surface area contributed by atoms with Crippen molar-refractivity contribution < 1.29 is 33.7 Å². The number of unbranched alkanes of at least 4 members (excludes halogenated alkanes) is 23.